The lowest BCUT2D eigenvalue weighted by Gasteiger charge is -2.20. The molecule has 2 aliphatic heterocycles. The van der Waals surface area contributed by atoms with Gasteiger partial charge in [-0.25, -0.2) is 9.97 Å². The van der Waals surface area contributed by atoms with Crippen molar-refractivity contribution in [2.45, 2.75) is 25.3 Å². The summed E-state index contributed by atoms with van der Waals surface area (Å²) in [6.07, 6.45) is 7.84. The molecule has 0 saturated carbocycles. The van der Waals surface area contributed by atoms with Gasteiger partial charge in [-0.1, -0.05) is 0 Å². The van der Waals surface area contributed by atoms with Gasteiger partial charge in [0.1, 0.15) is 0 Å². The second kappa shape index (κ2) is 8.00. The lowest BCUT2D eigenvalue weighted by atomic mass is 9.92. The highest BCUT2D eigenvalue weighted by atomic mass is 16.1. The maximum absolute atomic E-state index is 12.5. The Balaban J connectivity index is 1.55. The molecule has 0 bridgehead atoms. The molecule has 4 rings (SSSR count). The Morgan fingerprint density at radius 2 is 1.93 bits per heavy atom. The number of nitrogens with zero attached hydrogens (tertiary/aromatic N) is 5. The minimum Gasteiger partial charge on any atom is -0.359 e. The quantitative estimate of drug-likeness (QED) is 0.863. The minimum atomic E-state index is -0.0989. The van der Waals surface area contributed by atoms with Crippen LogP contribution in [0.4, 0.5) is 5.95 Å². The van der Waals surface area contributed by atoms with Crippen molar-refractivity contribution < 1.29 is 4.79 Å². The number of amides is 1. The number of carbonyl (C=O) groups is 1. The van der Waals surface area contributed by atoms with E-state index in [-0.39, 0.29) is 17.7 Å². The Morgan fingerprint density at radius 1 is 1.15 bits per heavy atom. The molecular weight excluding hydrogens is 340 g/mol. The average Bonchev–Trinajstić information content (AvgIpc) is 3.39. The maximum atomic E-state index is 12.5. The van der Waals surface area contributed by atoms with Crippen molar-refractivity contribution in [1.29, 1.82) is 0 Å². The van der Waals surface area contributed by atoms with Crippen LogP contribution in [0.2, 0.25) is 0 Å². The molecule has 2 saturated heterocycles. The van der Waals surface area contributed by atoms with Crippen LogP contribution in [0.1, 0.15) is 30.0 Å². The second-order valence-corrected chi connectivity index (χ2v) is 7.35. The first-order valence-corrected chi connectivity index (χ1v) is 9.65. The van der Waals surface area contributed by atoms with Crippen LogP contribution in [0.25, 0.3) is 0 Å². The van der Waals surface area contributed by atoms with Crippen molar-refractivity contribution in [3.8, 4) is 0 Å². The number of aromatic nitrogens is 3. The van der Waals surface area contributed by atoms with Crippen molar-refractivity contribution in [1.82, 2.24) is 25.2 Å². The van der Waals surface area contributed by atoms with Crippen molar-refractivity contribution in [3.63, 3.8) is 0 Å². The molecule has 0 unspecified atom stereocenters. The highest BCUT2D eigenvalue weighted by Gasteiger charge is 2.39. The number of pyridine rings is 1. The first-order chi connectivity index (χ1) is 13.2. The smallest absolute Gasteiger partial charge is 0.225 e. The average molecular weight is 366 g/mol. The summed E-state index contributed by atoms with van der Waals surface area (Å²) in [5.41, 5.74) is 2.18. The van der Waals surface area contributed by atoms with Crippen molar-refractivity contribution in [2.75, 3.05) is 38.1 Å². The highest BCUT2D eigenvalue weighted by molar-refractivity contribution is 5.80. The van der Waals surface area contributed by atoms with Crippen LogP contribution in [-0.2, 0) is 11.3 Å². The first-order valence-electron chi connectivity index (χ1n) is 9.65. The zero-order chi connectivity index (χ0) is 18.6. The Hall–Kier alpha value is -2.54. The Kier molecular flexibility index (Phi) is 5.29. The fourth-order valence-electron chi connectivity index (χ4n) is 4.15. The summed E-state index contributed by atoms with van der Waals surface area (Å²) >= 11 is 0. The van der Waals surface area contributed by atoms with E-state index in [0.29, 0.717) is 0 Å². The fraction of sp³-hybridized carbons (Fsp3) is 0.500. The Bertz CT molecular complexity index is 777. The summed E-state index contributed by atoms with van der Waals surface area (Å²) < 4.78 is 0. The molecule has 7 heteroatoms. The monoisotopic (exact) mass is 366 g/mol. The molecule has 0 radical (unpaired) electrons. The van der Waals surface area contributed by atoms with Crippen LogP contribution in [0.15, 0.2) is 36.8 Å². The molecule has 0 spiro atoms. The van der Waals surface area contributed by atoms with Crippen LogP contribution in [0, 0.1) is 5.92 Å². The zero-order valence-electron chi connectivity index (χ0n) is 15.7. The molecule has 1 amide bonds. The normalized spacial score (nSPS) is 22.9. The summed E-state index contributed by atoms with van der Waals surface area (Å²) in [4.78, 5) is 30.5. The predicted molar refractivity (Wildman–Crippen MR) is 103 cm³/mol. The second-order valence-electron chi connectivity index (χ2n) is 7.35. The molecule has 2 aromatic rings. The lowest BCUT2D eigenvalue weighted by Crippen LogP contribution is -2.32. The van der Waals surface area contributed by atoms with Gasteiger partial charge < -0.3 is 10.2 Å². The molecule has 2 aliphatic rings. The molecule has 27 heavy (non-hydrogen) atoms. The standard InChI is InChI=1S/C20H26N6O/c1-21-19(27)17-14-25(12-15-4-7-22-8-5-15)13-16(17)18-6-9-23-20(24-18)26-10-2-3-11-26/h4-9,16-17H,2-3,10-14H2,1H3,(H,21,27)/t16-,17-/m1/s1. The fourth-order valence-corrected chi connectivity index (χ4v) is 4.15. The first kappa shape index (κ1) is 17.9. The number of rotatable bonds is 5. The number of nitrogens with one attached hydrogen (secondary N) is 1. The highest BCUT2D eigenvalue weighted by Crippen LogP contribution is 2.33. The van der Waals surface area contributed by atoms with E-state index in [9.17, 15) is 4.79 Å². The number of hydrogen-bond acceptors (Lipinski definition) is 6. The molecule has 7 nitrogen and oxygen atoms in total. The van der Waals surface area contributed by atoms with Crippen LogP contribution in [0.5, 0.6) is 0 Å². The van der Waals surface area contributed by atoms with Crippen molar-refractivity contribution in [2.24, 2.45) is 5.92 Å². The predicted octanol–water partition coefficient (Wildman–Crippen LogP) is 1.43. The van der Waals surface area contributed by atoms with E-state index in [0.717, 1.165) is 44.4 Å². The molecule has 2 fully saturated rings. The summed E-state index contributed by atoms with van der Waals surface area (Å²) in [5, 5.41) is 2.83. The summed E-state index contributed by atoms with van der Waals surface area (Å²) in [6.45, 7) is 4.39. The van der Waals surface area contributed by atoms with Crippen LogP contribution < -0.4 is 10.2 Å². The number of anilines is 1. The number of hydrogen-bond donors (Lipinski definition) is 1. The van der Waals surface area contributed by atoms with E-state index in [1.54, 1.807) is 7.05 Å². The van der Waals surface area contributed by atoms with Gasteiger partial charge in [-0.2, -0.15) is 0 Å². The molecule has 2 atom stereocenters. The molecule has 0 aromatic carbocycles. The zero-order valence-corrected chi connectivity index (χ0v) is 15.7. The van der Waals surface area contributed by atoms with Gasteiger partial charge in [0, 0.05) is 64.3 Å². The van der Waals surface area contributed by atoms with Crippen LogP contribution in [-0.4, -0.2) is 59.0 Å². The Morgan fingerprint density at radius 3 is 2.67 bits per heavy atom. The van der Waals surface area contributed by atoms with Crippen LogP contribution >= 0.6 is 0 Å². The third-order valence-corrected chi connectivity index (χ3v) is 5.57. The largest absolute Gasteiger partial charge is 0.359 e. The summed E-state index contributed by atoms with van der Waals surface area (Å²) in [5.74, 6) is 0.862. The van der Waals surface area contributed by atoms with Gasteiger partial charge in [0.25, 0.3) is 0 Å². The summed E-state index contributed by atoms with van der Waals surface area (Å²) in [7, 11) is 1.71. The lowest BCUT2D eigenvalue weighted by molar-refractivity contribution is -0.124. The molecule has 2 aromatic heterocycles. The van der Waals surface area contributed by atoms with E-state index < -0.39 is 0 Å². The van der Waals surface area contributed by atoms with Gasteiger partial charge in [0.15, 0.2) is 0 Å². The van der Waals surface area contributed by atoms with Gasteiger partial charge >= 0.3 is 0 Å². The third kappa shape index (κ3) is 3.93. The van der Waals surface area contributed by atoms with Gasteiger partial charge in [0.05, 0.1) is 11.6 Å². The van der Waals surface area contributed by atoms with E-state index in [1.807, 2.05) is 36.8 Å². The van der Waals surface area contributed by atoms with Gasteiger partial charge in [0.2, 0.25) is 11.9 Å². The van der Waals surface area contributed by atoms with Gasteiger partial charge in [-0.05, 0) is 36.6 Å². The molecular formula is C20H26N6O. The van der Waals surface area contributed by atoms with E-state index in [2.05, 4.69) is 25.1 Å². The molecule has 1 N–H and O–H groups in total. The van der Waals surface area contributed by atoms with Crippen molar-refractivity contribution >= 4 is 11.9 Å². The SMILES string of the molecule is CNC(=O)[C@@H]1CN(Cc2ccncc2)C[C@H]1c1ccnc(N2CCCC2)n1. The Labute approximate surface area is 159 Å². The van der Waals surface area contributed by atoms with E-state index in [1.165, 1.54) is 18.4 Å². The molecule has 0 aliphatic carbocycles. The molecule has 4 heterocycles. The van der Waals surface area contributed by atoms with E-state index in [4.69, 9.17) is 4.98 Å². The topological polar surface area (TPSA) is 74.2 Å². The van der Waals surface area contributed by atoms with Crippen LogP contribution in [0.3, 0.4) is 0 Å². The number of carbonyl (C=O) groups excluding carboxylic acids is 1. The minimum absolute atomic E-state index is 0.0798. The maximum Gasteiger partial charge on any atom is 0.225 e. The van der Waals surface area contributed by atoms with Crippen molar-refractivity contribution in [3.05, 3.63) is 48.0 Å². The van der Waals surface area contributed by atoms with Gasteiger partial charge in [-0.15, -0.1) is 0 Å². The number of likely N-dealkylation sites (tertiary alicyclic amines) is 1. The third-order valence-electron chi connectivity index (χ3n) is 5.57. The molecule has 142 valence electrons. The van der Waals surface area contributed by atoms with E-state index >= 15 is 0 Å². The summed E-state index contributed by atoms with van der Waals surface area (Å²) in [6, 6.07) is 6.02. The van der Waals surface area contributed by atoms with Gasteiger partial charge in [-0.3, -0.25) is 14.7 Å².